The molecule has 3 nitrogen and oxygen atoms in total. The molecule has 0 unspecified atom stereocenters. The Hall–Kier alpha value is -1.72. The number of amides is 1. The Balaban J connectivity index is 1.92. The van der Waals surface area contributed by atoms with Crippen molar-refractivity contribution in [2.45, 2.75) is 4.90 Å². The second-order valence-electron chi connectivity index (χ2n) is 4.03. The molecule has 0 aliphatic carbocycles. The van der Waals surface area contributed by atoms with Gasteiger partial charge in [-0.3, -0.25) is 4.79 Å². The van der Waals surface area contributed by atoms with Gasteiger partial charge in [-0.25, -0.2) is 4.39 Å². The number of hydrogen-bond donors (Lipinski definition) is 2. The molecule has 0 saturated carbocycles. The van der Waals surface area contributed by atoms with Crippen molar-refractivity contribution in [3.05, 3.63) is 53.3 Å². The lowest BCUT2D eigenvalue weighted by molar-refractivity contribution is -0.113. The quantitative estimate of drug-likeness (QED) is 0.667. The highest BCUT2D eigenvalue weighted by Gasteiger charge is 2.07. The minimum absolute atomic E-state index is 0.173. The van der Waals surface area contributed by atoms with Gasteiger partial charge in [-0.1, -0.05) is 17.7 Å². The Kier molecular flexibility index (Phi) is 4.87. The van der Waals surface area contributed by atoms with Crippen molar-refractivity contribution in [1.82, 2.24) is 0 Å². The smallest absolute Gasteiger partial charge is 0.234 e. The third-order valence-electron chi connectivity index (χ3n) is 2.43. The number of hydrogen-bond acceptors (Lipinski definition) is 3. The highest BCUT2D eigenvalue weighted by Crippen LogP contribution is 2.24. The minimum atomic E-state index is -0.442. The number of carbonyl (C=O) groups is 1. The Morgan fingerprint density at radius 1 is 1.30 bits per heavy atom. The molecule has 3 N–H and O–H groups in total. The van der Waals surface area contributed by atoms with Crippen molar-refractivity contribution in [3.8, 4) is 0 Å². The monoisotopic (exact) mass is 310 g/mol. The summed E-state index contributed by atoms with van der Waals surface area (Å²) in [5, 5.41) is 2.81. The van der Waals surface area contributed by atoms with E-state index in [4.69, 9.17) is 17.3 Å². The van der Waals surface area contributed by atoms with Gasteiger partial charge in [-0.15, -0.1) is 11.8 Å². The van der Waals surface area contributed by atoms with Crippen LogP contribution in [0.3, 0.4) is 0 Å². The van der Waals surface area contributed by atoms with Crippen molar-refractivity contribution in [2.24, 2.45) is 0 Å². The van der Waals surface area contributed by atoms with Gasteiger partial charge in [0.05, 0.1) is 16.5 Å². The maximum absolute atomic E-state index is 12.9. The van der Waals surface area contributed by atoms with Crippen LogP contribution < -0.4 is 11.1 Å². The molecule has 0 saturated heterocycles. The minimum Gasteiger partial charge on any atom is -0.399 e. The lowest BCUT2D eigenvalue weighted by Crippen LogP contribution is -2.14. The van der Waals surface area contributed by atoms with Crippen molar-refractivity contribution in [3.63, 3.8) is 0 Å². The van der Waals surface area contributed by atoms with Gasteiger partial charge in [-0.2, -0.15) is 0 Å². The first-order valence-corrected chi connectivity index (χ1v) is 7.14. The number of anilines is 2. The molecule has 0 aromatic heterocycles. The van der Waals surface area contributed by atoms with Crippen LogP contribution in [0.25, 0.3) is 0 Å². The zero-order chi connectivity index (χ0) is 14.5. The molecular formula is C14H12ClFN2OS. The topological polar surface area (TPSA) is 55.1 Å². The van der Waals surface area contributed by atoms with Crippen LogP contribution in [0.4, 0.5) is 15.8 Å². The molecule has 2 aromatic carbocycles. The zero-order valence-electron chi connectivity index (χ0n) is 10.4. The number of thioether (sulfide) groups is 1. The van der Waals surface area contributed by atoms with Crippen LogP contribution in [-0.2, 0) is 4.79 Å². The largest absolute Gasteiger partial charge is 0.399 e. The Morgan fingerprint density at radius 3 is 2.80 bits per heavy atom. The maximum atomic E-state index is 12.9. The number of rotatable bonds is 4. The van der Waals surface area contributed by atoms with Gasteiger partial charge in [0.1, 0.15) is 5.82 Å². The van der Waals surface area contributed by atoms with Crippen LogP contribution in [0.15, 0.2) is 47.4 Å². The van der Waals surface area contributed by atoms with E-state index in [2.05, 4.69) is 5.32 Å². The number of benzene rings is 2. The van der Waals surface area contributed by atoms with Gasteiger partial charge in [0.2, 0.25) is 5.91 Å². The normalized spacial score (nSPS) is 10.3. The highest BCUT2D eigenvalue weighted by atomic mass is 35.5. The first kappa shape index (κ1) is 14.7. The van der Waals surface area contributed by atoms with Gasteiger partial charge >= 0.3 is 0 Å². The highest BCUT2D eigenvalue weighted by molar-refractivity contribution is 8.00. The maximum Gasteiger partial charge on any atom is 0.234 e. The average Bonchev–Trinajstić information content (AvgIpc) is 2.40. The summed E-state index contributed by atoms with van der Waals surface area (Å²) in [5.41, 5.74) is 6.70. The number of nitrogens with one attached hydrogen (secondary N) is 1. The predicted octanol–water partition coefficient (Wildman–Crippen LogP) is 3.79. The average molecular weight is 311 g/mol. The van der Waals surface area contributed by atoms with E-state index in [0.29, 0.717) is 11.4 Å². The Labute approximate surface area is 125 Å². The molecule has 104 valence electrons. The molecule has 0 spiro atoms. The molecule has 0 radical (unpaired) electrons. The van der Waals surface area contributed by atoms with E-state index in [-0.39, 0.29) is 16.7 Å². The Morgan fingerprint density at radius 2 is 2.10 bits per heavy atom. The van der Waals surface area contributed by atoms with E-state index >= 15 is 0 Å². The molecule has 0 bridgehead atoms. The third kappa shape index (κ3) is 4.15. The fourth-order valence-electron chi connectivity index (χ4n) is 1.53. The molecule has 0 aliphatic rings. The SMILES string of the molecule is Nc1cccc(SCC(=O)Nc2ccc(F)cc2Cl)c1. The summed E-state index contributed by atoms with van der Waals surface area (Å²) in [6.45, 7) is 0. The van der Waals surface area contributed by atoms with Crippen molar-refractivity contribution >= 4 is 40.6 Å². The van der Waals surface area contributed by atoms with Crippen LogP contribution in [0.1, 0.15) is 0 Å². The molecule has 2 rings (SSSR count). The fraction of sp³-hybridized carbons (Fsp3) is 0.0714. The van der Waals surface area contributed by atoms with E-state index in [1.165, 1.54) is 23.9 Å². The summed E-state index contributed by atoms with van der Waals surface area (Å²) in [6.07, 6.45) is 0. The number of nitrogen functional groups attached to an aromatic ring is 1. The summed E-state index contributed by atoms with van der Waals surface area (Å²) >= 11 is 7.20. The van der Waals surface area contributed by atoms with E-state index in [1.807, 2.05) is 12.1 Å². The van der Waals surface area contributed by atoms with Crippen molar-refractivity contribution in [2.75, 3.05) is 16.8 Å². The van der Waals surface area contributed by atoms with Crippen LogP contribution in [-0.4, -0.2) is 11.7 Å². The second-order valence-corrected chi connectivity index (χ2v) is 5.49. The third-order valence-corrected chi connectivity index (χ3v) is 3.74. The molecule has 0 atom stereocenters. The van der Waals surface area contributed by atoms with E-state index < -0.39 is 5.82 Å². The van der Waals surface area contributed by atoms with Crippen LogP contribution in [0, 0.1) is 5.82 Å². The fourth-order valence-corrected chi connectivity index (χ4v) is 2.51. The van der Waals surface area contributed by atoms with Crippen LogP contribution >= 0.6 is 23.4 Å². The van der Waals surface area contributed by atoms with Crippen molar-refractivity contribution in [1.29, 1.82) is 0 Å². The van der Waals surface area contributed by atoms with Crippen LogP contribution in [0.2, 0.25) is 5.02 Å². The first-order chi connectivity index (χ1) is 9.54. The summed E-state index contributed by atoms with van der Waals surface area (Å²) in [6, 6.07) is 11.1. The summed E-state index contributed by atoms with van der Waals surface area (Å²) in [4.78, 5) is 12.7. The predicted molar refractivity (Wildman–Crippen MR) is 81.6 cm³/mol. The lowest BCUT2D eigenvalue weighted by Gasteiger charge is -2.07. The van der Waals surface area contributed by atoms with E-state index in [0.717, 1.165) is 11.0 Å². The van der Waals surface area contributed by atoms with Gasteiger partial charge in [0.15, 0.2) is 0 Å². The van der Waals surface area contributed by atoms with Gasteiger partial charge < -0.3 is 11.1 Å². The molecule has 0 fully saturated rings. The standard InChI is InChI=1S/C14H12ClFN2OS/c15-12-6-9(16)4-5-13(12)18-14(19)8-20-11-3-1-2-10(17)7-11/h1-7H,8,17H2,(H,18,19). The molecule has 0 aliphatic heterocycles. The molecule has 2 aromatic rings. The van der Waals surface area contributed by atoms with E-state index in [9.17, 15) is 9.18 Å². The summed E-state index contributed by atoms with van der Waals surface area (Å²) < 4.78 is 12.9. The number of nitrogens with two attached hydrogens (primary N) is 1. The van der Waals surface area contributed by atoms with Gasteiger partial charge in [0, 0.05) is 10.6 Å². The summed E-state index contributed by atoms with van der Waals surface area (Å²) in [5.74, 6) is -0.440. The van der Waals surface area contributed by atoms with Gasteiger partial charge in [-0.05, 0) is 36.4 Å². The van der Waals surface area contributed by atoms with Crippen molar-refractivity contribution < 1.29 is 9.18 Å². The molecule has 0 heterocycles. The van der Waals surface area contributed by atoms with Gasteiger partial charge in [0.25, 0.3) is 0 Å². The molecular weight excluding hydrogens is 299 g/mol. The second kappa shape index (κ2) is 6.63. The van der Waals surface area contributed by atoms with Crippen LogP contribution in [0.5, 0.6) is 0 Å². The first-order valence-electron chi connectivity index (χ1n) is 5.78. The molecule has 20 heavy (non-hydrogen) atoms. The molecule has 1 amide bonds. The lowest BCUT2D eigenvalue weighted by atomic mass is 10.3. The molecule has 6 heteroatoms. The zero-order valence-corrected chi connectivity index (χ0v) is 12.0. The summed E-state index contributed by atoms with van der Waals surface area (Å²) in [7, 11) is 0. The van der Waals surface area contributed by atoms with E-state index in [1.54, 1.807) is 12.1 Å². The number of carbonyl (C=O) groups excluding carboxylic acids is 1. The Bertz CT molecular complexity index is 636. The number of halogens is 2.